The van der Waals surface area contributed by atoms with Crippen LogP contribution in [0.1, 0.15) is 0 Å². The molecule has 0 radical (unpaired) electrons. The van der Waals surface area contributed by atoms with Crippen LogP contribution in [0, 0.1) is 0 Å². The summed E-state index contributed by atoms with van der Waals surface area (Å²) in [6.07, 6.45) is 4.29. The molecule has 0 fully saturated rings. The predicted molar refractivity (Wildman–Crippen MR) is 71.4 cm³/mol. The molecule has 18 heavy (non-hydrogen) atoms. The van der Waals surface area contributed by atoms with Gasteiger partial charge in [-0.05, 0) is 15.9 Å². The molecule has 2 rings (SSSR count). The Balaban J connectivity index is 2.21. The molecule has 0 saturated heterocycles. The van der Waals surface area contributed by atoms with Gasteiger partial charge in [-0.2, -0.15) is 0 Å². The van der Waals surface area contributed by atoms with Crippen LogP contribution in [0.4, 0.5) is 5.82 Å². The Labute approximate surface area is 113 Å². The van der Waals surface area contributed by atoms with Crippen LogP contribution in [0.15, 0.2) is 23.1 Å². The third-order valence-electron chi connectivity index (χ3n) is 2.32. The number of nitrogens with one attached hydrogen (secondary N) is 1. The normalized spacial score (nSPS) is 12.6. The summed E-state index contributed by atoms with van der Waals surface area (Å²) >= 11 is 3.37. The number of hydrogen-bond acceptors (Lipinski definition) is 6. The number of aliphatic hydroxyl groups is 1. The minimum Gasteiger partial charge on any atom is -0.389 e. The Morgan fingerprint density at radius 2 is 2.06 bits per heavy atom. The fraction of sp³-hybridized carbons (Fsp3) is 0.364. The number of aliphatic hydroxyl groups excluding tert-OH is 1. The van der Waals surface area contributed by atoms with Crippen LogP contribution in [0.25, 0.3) is 11.0 Å². The number of halogens is 1. The van der Waals surface area contributed by atoms with Crippen molar-refractivity contribution < 1.29 is 9.84 Å². The Morgan fingerprint density at radius 1 is 1.33 bits per heavy atom. The molecule has 0 aliphatic rings. The molecular formula is C11H13BrN4O2. The second kappa shape index (κ2) is 6.03. The average molecular weight is 313 g/mol. The van der Waals surface area contributed by atoms with Crippen molar-refractivity contribution in [2.24, 2.45) is 0 Å². The van der Waals surface area contributed by atoms with Crippen molar-refractivity contribution in [1.82, 2.24) is 15.0 Å². The molecule has 0 aromatic carbocycles. The van der Waals surface area contributed by atoms with E-state index in [1.54, 1.807) is 25.7 Å². The molecule has 96 valence electrons. The fourth-order valence-electron chi connectivity index (χ4n) is 1.52. The third-order valence-corrected chi connectivity index (χ3v) is 2.90. The van der Waals surface area contributed by atoms with Crippen molar-refractivity contribution >= 4 is 32.8 Å². The molecular weight excluding hydrogens is 300 g/mol. The molecule has 1 atom stereocenters. The first-order valence-corrected chi connectivity index (χ1v) is 6.17. The maximum Gasteiger partial charge on any atom is 0.154 e. The molecule has 0 unspecified atom stereocenters. The van der Waals surface area contributed by atoms with Gasteiger partial charge in [0, 0.05) is 32.2 Å². The number of ether oxygens (including phenoxy) is 1. The van der Waals surface area contributed by atoms with Crippen LogP contribution in [-0.2, 0) is 4.74 Å². The minimum atomic E-state index is -0.591. The predicted octanol–water partition coefficient (Wildman–Crippen LogP) is 1.21. The van der Waals surface area contributed by atoms with Gasteiger partial charge in [0.15, 0.2) is 5.82 Å². The van der Waals surface area contributed by atoms with Gasteiger partial charge in [0.25, 0.3) is 0 Å². The molecule has 0 spiro atoms. The van der Waals surface area contributed by atoms with Crippen molar-refractivity contribution in [3.63, 3.8) is 0 Å². The van der Waals surface area contributed by atoms with Gasteiger partial charge in [-0.1, -0.05) is 0 Å². The van der Waals surface area contributed by atoms with E-state index in [1.165, 1.54) is 0 Å². The third kappa shape index (κ3) is 2.92. The molecule has 0 saturated carbocycles. The van der Waals surface area contributed by atoms with E-state index < -0.39 is 6.10 Å². The van der Waals surface area contributed by atoms with E-state index in [2.05, 4.69) is 36.2 Å². The van der Waals surface area contributed by atoms with E-state index in [4.69, 9.17) is 4.74 Å². The first-order valence-electron chi connectivity index (χ1n) is 5.38. The van der Waals surface area contributed by atoms with Gasteiger partial charge < -0.3 is 15.2 Å². The Morgan fingerprint density at radius 3 is 2.78 bits per heavy atom. The van der Waals surface area contributed by atoms with Gasteiger partial charge in [0.2, 0.25) is 0 Å². The quantitative estimate of drug-likeness (QED) is 0.863. The molecule has 2 aromatic heterocycles. The fourth-order valence-corrected chi connectivity index (χ4v) is 1.92. The van der Waals surface area contributed by atoms with Gasteiger partial charge in [-0.25, -0.2) is 9.97 Å². The van der Waals surface area contributed by atoms with E-state index in [0.29, 0.717) is 17.9 Å². The summed E-state index contributed by atoms with van der Waals surface area (Å²) in [5.41, 5.74) is 1.40. The first kappa shape index (κ1) is 13.1. The molecule has 2 N–H and O–H groups in total. The van der Waals surface area contributed by atoms with Crippen molar-refractivity contribution in [3.8, 4) is 0 Å². The highest BCUT2D eigenvalue weighted by Crippen LogP contribution is 2.23. The average Bonchev–Trinajstić information content (AvgIpc) is 2.39. The summed E-state index contributed by atoms with van der Waals surface area (Å²) in [6.45, 7) is 0.612. The van der Waals surface area contributed by atoms with E-state index in [1.807, 2.05) is 0 Å². The highest BCUT2D eigenvalue weighted by molar-refractivity contribution is 9.10. The minimum absolute atomic E-state index is 0.271. The van der Waals surface area contributed by atoms with Crippen LogP contribution in [0.5, 0.6) is 0 Å². The highest BCUT2D eigenvalue weighted by Gasteiger charge is 2.09. The number of pyridine rings is 1. The van der Waals surface area contributed by atoms with Crippen molar-refractivity contribution in [2.75, 3.05) is 25.6 Å². The standard InChI is InChI=1S/C11H13BrN4O2/c1-18-6-7(17)4-15-11-10-9(8(12)5-16-11)13-2-3-14-10/h2-3,5,7,17H,4,6H2,1H3,(H,15,16)/t7-/m0/s1. The van der Waals surface area contributed by atoms with E-state index in [9.17, 15) is 5.11 Å². The van der Waals surface area contributed by atoms with Gasteiger partial charge >= 0.3 is 0 Å². The summed E-state index contributed by atoms with van der Waals surface area (Å²) in [6, 6.07) is 0. The van der Waals surface area contributed by atoms with E-state index >= 15 is 0 Å². The van der Waals surface area contributed by atoms with E-state index in [-0.39, 0.29) is 6.61 Å². The highest BCUT2D eigenvalue weighted by atomic mass is 79.9. The Kier molecular flexibility index (Phi) is 4.40. The van der Waals surface area contributed by atoms with Gasteiger partial charge in [0.1, 0.15) is 11.0 Å². The SMILES string of the molecule is COC[C@@H](O)CNc1ncc(Br)c2nccnc12. The van der Waals surface area contributed by atoms with Gasteiger partial charge in [-0.15, -0.1) is 0 Å². The molecule has 0 bridgehead atoms. The van der Waals surface area contributed by atoms with Crippen LogP contribution < -0.4 is 5.32 Å². The monoisotopic (exact) mass is 312 g/mol. The number of nitrogens with zero attached hydrogens (tertiary/aromatic N) is 3. The summed E-state index contributed by atoms with van der Waals surface area (Å²) in [4.78, 5) is 12.7. The van der Waals surface area contributed by atoms with Crippen molar-refractivity contribution in [1.29, 1.82) is 0 Å². The lowest BCUT2D eigenvalue weighted by Gasteiger charge is -2.12. The zero-order valence-corrected chi connectivity index (χ0v) is 11.4. The molecule has 7 heteroatoms. The van der Waals surface area contributed by atoms with Crippen molar-refractivity contribution in [2.45, 2.75) is 6.10 Å². The first-order chi connectivity index (χ1) is 8.72. The maximum absolute atomic E-state index is 9.58. The molecule has 2 aromatic rings. The zero-order chi connectivity index (χ0) is 13.0. The van der Waals surface area contributed by atoms with Crippen LogP contribution in [0.2, 0.25) is 0 Å². The summed E-state index contributed by atoms with van der Waals surface area (Å²) in [5, 5.41) is 12.6. The molecule has 0 amide bonds. The number of rotatable bonds is 5. The van der Waals surface area contributed by atoms with Gasteiger partial charge in [0.05, 0.1) is 17.2 Å². The molecule has 0 aliphatic carbocycles. The number of fused-ring (bicyclic) bond motifs is 1. The van der Waals surface area contributed by atoms with Gasteiger partial charge in [-0.3, -0.25) is 4.98 Å². The van der Waals surface area contributed by atoms with Crippen LogP contribution in [0.3, 0.4) is 0 Å². The second-order valence-corrected chi connectivity index (χ2v) is 4.55. The molecule has 6 nitrogen and oxygen atoms in total. The zero-order valence-electron chi connectivity index (χ0n) is 9.80. The lowest BCUT2D eigenvalue weighted by atomic mass is 10.3. The Hall–Kier alpha value is -1.31. The van der Waals surface area contributed by atoms with Crippen molar-refractivity contribution in [3.05, 3.63) is 23.1 Å². The largest absolute Gasteiger partial charge is 0.389 e. The molecule has 2 heterocycles. The molecule has 0 aliphatic heterocycles. The lowest BCUT2D eigenvalue weighted by molar-refractivity contribution is 0.0727. The van der Waals surface area contributed by atoms with Crippen LogP contribution >= 0.6 is 15.9 Å². The Bertz CT molecular complexity index is 537. The summed E-state index contributed by atoms with van der Waals surface area (Å²) in [5.74, 6) is 0.594. The maximum atomic E-state index is 9.58. The summed E-state index contributed by atoms with van der Waals surface area (Å²) in [7, 11) is 1.54. The smallest absolute Gasteiger partial charge is 0.154 e. The second-order valence-electron chi connectivity index (χ2n) is 3.70. The number of anilines is 1. The number of methoxy groups -OCH3 is 1. The summed E-state index contributed by atoms with van der Waals surface area (Å²) < 4.78 is 5.64. The van der Waals surface area contributed by atoms with Crippen LogP contribution in [-0.4, -0.2) is 46.4 Å². The lowest BCUT2D eigenvalue weighted by Crippen LogP contribution is -2.24. The van der Waals surface area contributed by atoms with E-state index in [0.717, 1.165) is 9.99 Å². The topological polar surface area (TPSA) is 80.2 Å². The number of hydrogen-bond donors (Lipinski definition) is 2. The number of aromatic nitrogens is 3.